The van der Waals surface area contributed by atoms with Gasteiger partial charge in [0.1, 0.15) is 0 Å². The zero-order valence-corrected chi connectivity index (χ0v) is 27.2. The van der Waals surface area contributed by atoms with E-state index < -0.39 is 17.7 Å². The maximum Gasteiger partial charge on any atom is 0.251 e. The van der Waals surface area contributed by atoms with Crippen molar-refractivity contribution in [1.29, 1.82) is 5.41 Å². The number of rotatable bonds is 15. The van der Waals surface area contributed by atoms with Crippen LogP contribution in [0.2, 0.25) is 0 Å². The molecule has 3 aromatic heterocycles. The zero-order valence-electron chi connectivity index (χ0n) is 27.2. The van der Waals surface area contributed by atoms with Gasteiger partial charge in [-0.15, -0.1) is 0 Å². The normalized spacial score (nSPS) is 11.5. The molecule has 5 aromatic rings. The lowest BCUT2D eigenvalue weighted by Crippen LogP contribution is -2.44. The van der Waals surface area contributed by atoms with Gasteiger partial charge >= 0.3 is 0 Å². The molecule has 2 aromatic carbocycles. The van der Waals surface area contributed by atoms with Crippen molar-refractivity contribution < 1.29 is 23.1 Å². The summed E-state index contributed by atoms with van der Waals surface area (Å²) >= 11 is 0. The second-order valence-electron chi connectivity index (χ2n) is 11.1. The fraction of sp³-hybridized carbons (Fsp3) is 0.235. The number of carbonyl (C=O) groups is 2. The highest BCUT2D eigenvalue weighted by Gasteiger charge is 2.21. The largest absolute Gasteiger partial charge is 0.436 e. The standard InChI is InChI=1S/C34H37F2N11O3/c1-2-20-18-21(8-9-22(20)32(48)42-14-15-43-33(49)24(37)6-5-13-44-34(38)39)46-30-31-45-19-25(47(31)17-16-41-30)23-10-11-26(29(36)28(23)35)50-27-7-3-4-12-40-27/h3-4,7-12,16-19,24H,2,5-6,13-15,37H2,1H3,(H,41,46)(H,42,48)(H,43,49)(H4,38,39,44)/t24-/m1/s1. The molecule has 0 radical (unpaired) electrons. The summed E-state index contributed by atoms with van der Waals surface area (Å²) in [4.78, 5) is 38.0. The zero-order chi connectivity index (χ0) is 35.6. The van der Waals surface area contributed by atoms with Gasteiger partial charge in [-0.3, -0.25) is 19.4 Å². The summed E-state index contributed by atoms with van der Waals surface area (Å²) in [6, 6.07) is 12.1. The molecule has 0 bridgehead atoms. The summed E-state index contributed by atoms with van der Waals surface area (Å²) in [5.41, 5.74) is 13.7. The number of hydrogen-bond donors (Lipinski definition) is 7. The molecule has 0 saturated carbocycles. The number of carbonyl (C=O) groups excluding carboxylic acids is 2. The quantitative estimate of drug-likeness (QED) is 0.0484. The van der Waals surface area contributed by atoms with Crippen LogP contribution in [0.1, 0.15) is 35.7 Å². The lowest BCUT2D eigenvalue weighted by atomic mass is 10.0. The fourth-order valence-corrected chi connectivity index (χ4v) is 5.12. The number of nitrogens with one attached hydrogen (secondary N) is 5. The molecule has 14 nitrogen and oxygen atoms in total. The number of aromatic nitrogens is 4. The summed E-state index contributed by atoms with van der Waals surface area (Å²) < 4.78 is 37.4. The minimum Gasteiger partial charge on any atom is -0.436 e. The molecule has 3 heterocycles. The van der Waals surface area contributed by atoms with Gasteiger partial charge in [-0.05, 0) is 61.2 Å². The Bertz CT molecular complexity index is 1990. The molecule has 5 rings (SSSR count). The summed E-state index contributed by atoms with van der Waals surface area (Å²) in [7, 11) is 0. The van der Waals surface area contributed by atoms with E-state index in [9.17, 15) is 9.59 Å². The second kappa shape index (κ2) is 16.3. The highest BCUT2D eigenvalue weighted by molar-refractivity contribution is 5.96. The van der Waals surface area contributed by atoms with Crippen LogP contribution in [0.4, 0.5) is 20.3 Å². The summed E-state index contributed by atoms with van der Waals surface area (Å²) in [6.45, 7) is 2.77. The molecule has 0 aliphatic carbocycles. The van der Waals surface area contributed by atoms with Crippen molar-refractivity contribution in [2.24, 2.45) is 11.5 Å². The third kappa shape index (κ3) is 8.46. The van der Waals surface area contributed by atoms with Crippen LogP contribution in [-0.2, 0) is 11.2 Å². The van der Waals surface area contributed by atoms with E-state index in [4.69, 9.17) is 21.6 Å². The van der Waals surface area contributed by atoms with E-state index in [2.05, 4.69) is 36.2 Å². The molecule has 9 N–H and O–H groups in total. The first-order valence-electron chi connectivity index (χ1n) is 15.8. The number of imidazole rings is 1. The minimum absolute atomic E-state index is 0.0229. The summed E-state index contributed by atoms with van der Waals surface area (Å²) in [5, 5.41) is 18.5. The Labute approximate surface area is 286 Å². The lowest BCUT2D eigenvalue weighted by Gasteiger charge is -2.14. The van der Waals surface area contributed by atoms with Gasteiger partial charge in [0.05, 0.1) is 17.9 Å². The van der Waals surface area contributed by atoms with Gasteiger partial charge in [0.25, 0.3) is 5.91 Å². The number of nitrogens with zero attached hydrogens (tertiary/aromatic N) is 4. The number of benzene rings is 2. The highest BCUT2D eigenvalue weighted by atomic mass is 19.2. The minimum atomic E-state index is -1.16. The molecular formula is C34H37F2N11O3. The number of halogens is 2. The van der Waals surface area contributed by atoms with Gasteiger partial charge in [-0.2, -0.15) is 4.39 Å². The molecule has 0 saturated heterocycles. The van der Waals surface area contributed by atoms with Crippen LogP contribution in [-0.4, -0.2) is 62.8 Å². The van der Waals surface area contributed by atoms with E-state index in [1.165, 1.54) is 36.8 Å². The number of hydrogen-bond acceptors (Lipinski definition) is 9. The third-order valence-corrected chi connectivity index (χ3v) is 7.65. The van der Waals surface area contributed by atoms with Crippen molar-refractivity contribution >= 4 is 34.9 Å². The molecule has 50 heavy (non-hydrogen) atoms. The van der Waals surface area contributed by atoms with E-state index in [0.717, 1.165) is 5.56 Å². The van der Waals surface area contributed by atoms with Crippen LogP contribution >= 0.6 is 0 Å². The number of ether oxygens (including phenoxy) is 1. The van der Waals surface area contributed by atoms with E-state index >= 15 is 8.78 Å². The van der Waals surface area contributed by atoms with Crippen molar-refractivity contribution in [3.05, 3.63) is 96.1 Å². The number of pyridine rings is 1. The van der Waals surface area contributed by atoms with Crippen LogP contribution in [0.3, 0.4) is 0 Å². The van der Waals surface area contributed by atoms with Crippen molar-refractivity contribution in [2.75, 3.05) is 25.0 Å². The molecule has 0 aliphatic rings. The van der Waals surface area contributed by atoms with Crippen LogP contribution < -0.4 is 37.5 Å². The number of fused-ring (bicyclic) bond motifs is 1. The number of aryl methyl sites for hydroxylation is 1. The molecule has 0 fully saturated rings. The Morgan fingerprint density at radius 3 is 2.56 bits per heavy atom. The van der Waals surface area contributed by atoms with Gasteiger partial charge < -0.3 is 37.5 Å². The van der Waals surface area contributed by atoms with Crippen LogP contribution in [0, 0.1) is 17.0 Å². The maximum absolute atomic E-state index is 15.3. The van der Waals surface area contributed by atoms with Gasteiger partial charge in [0.15, 0.2) is 29.0 Å². The fourth-order valence-electron chi connectivity index (χ4n) is 5.12. The average molecular weight is 686 g/mol. The van der Waals surface area contributed by atoms with Crippen molar-refractivity contribution in [1.82, 2.24) is 35.3 Å². The predicted octanol–water partition coefficient (Wildman–Crippen LogP) is 3.60. The third-order valence-electron chi connectivity index (χ3n) is 7.65. The topological polar surface area (TPSA) is 210 Å². The molecule has 2 amide bonds. The Hall–Kier alpha value is -6.16. The highest BCUT2D eigenvalue weighted by Crippen LogP contribution is 2.33. The summed E-state index contributed by atoms with van der Waals surface area (Å²) in [6.07, 6.45) is 7.55. The molecule has 16 heteroatoms. The SMILES string of the molecule is CCc1cc(Nc2nccn3c(-c4ccc(Oc5ccccn5)c(F)c4F)cnc23)ccc1C(=O)NCCNC(=O)[C@H](N)CCCNC(=N)N. The van der Waals surface area contributed by atoms with E-state index in [1.807, 2.05) is 13.0 Å². The van der Waals surface area contributed by atoms with Crippen molar-refractivity contribution in [2.45, 2.75) is 32.2 Å². The van der Waals surface area contributed by atoms with E-state index in [1.54, 1.807) is 34.9 Å². The van der Waals surface area contributed by atoms with Crippen LogP contribution in [0.25, 0.3) is 16.9 Å². The molecule has 0 aliphatic heterocycles. The second-order valence-corrected chi connectivity index (χ2v) is 11.1. The van der Waals surface area contributed by atoms with Crippen molar-refractivity contribution in [3.8, 4) is 22.9 Å². The average Bonchev–Trinajstić information content (AvgIpc) is 3.55. The number of amides is 2. The molecule has 0 spiro atoms. The predicted molar refractivity (Wildman–Crippen MR) is 184 cm³/mol. The monoisotopic (exact) mass is 685 g/mol. The first-order chi connectivity index (χ1) is 24.2. The van der Waals surface area contributed by atoms with Crippen LogP contribution in [0.15, 0.2) is 73.3 Å². The molecular weight excluding hydrogens is 648 g/mol. The Balaban J connectivity index is 1.22. The lowest BCUT2D eigenvalue weighted by molar-refractivity contribution is -0.122. The number of guanidine groups is 1. The van der Waals surface area contributed by atoms with E-state index in [0.29, 0.717) is 54.2 Å². The van der Waals surface area contributed by atoms with Crippen LogP contribution in [0.5, 0.6) is 11.6 Å². The van der Waals surface area contributed by atoms with Gasteiger partial charge in [0.2, 0.25) is 17.6 Å². The van der Waals surface area contributed by atoms with Gasteiger partial charge in [-0.1, -0.05) is 13.0 Å². The summed E-state index contributed by atoms with van der Waals surface area (Å²) in [5.74, 6) is -2.84. The first-order valence-corrected chi connectivity index (χ1v) is 15.8. The molecule has 0 unspecified atom stereocenters. The maximum atomic E-state index is 15.3. The Morgan fingerprint density at radius 1 is 0.980 bits per heavy atom. The number of anilines is 2. The number of nitrogens with two attached hydrogens (primary N) is 2. The Morgan fingerprint density at radius 2 is 1.80 bits per heavy atom. The Kier molecular flexibility index (Phi) is 11.5. The van der Waals surface area contributed by atoms with Gasteiger partial charge in [0, 0.05) is 61.1 Å². The van der Waals surface area contributed by atoms with Crippen molar-refractivity contribution in [3.63, 3.8) is 0 Å². The molecule has 260 valence electrons. The first kappa shape index (κ1) is 35.2. The smallest absolute Gasteiger partial charge is 0.251 e. The van der Waals surface area contributed by atoms with E-state index in [-0.39, 0.29) is 48.1 Å². The molecule has 1 atom stereocenters. The van der Waals surface area contributed by atoms with Gasteiger partial charge in [-0.25, -0.2) is 19.3 Å².